The van der Waals surface area contributed by atoms with Crippen LogP contribution >= 0.6 is 0 Å². The maximum absolute atomic E-state index is 14.1. The van der Waals surface area contributed by atoms with E-state index < -0.39 is 52.0 Å². The fourth-order valence-corrected chi connectivity index (χ4v) is 7.55. The molecule has 1 aliphatic heterocycles. The average Bonchev–Trinajstić information content (AvgIpc) is 3.36. The Kier molecular flexibility index (Phi) is 13.0. The van der Waals surface area contributed by atoms with Crippen LogP contribution in [0, 0.1) is 23.2 Å². The number of carbonyl (C=O) groups excluding carboxylic acids is 3. The molecule has 0 aliphatic carbocycles. The van der Waals surface area contributed by atoms with E-state index in [1.807, 2.05) is 50.2 Å². The van der Waals surface area contributed by atoms with Crippen molar-refractivity contribution in [2.24, 2.45) is 17.0 Å². The standard InChI is InChI=1S/C36H43N7O7S/c1-24(2)20-41(51(49,50)30-12-10-27(11-13-30)19-39-48)22-32(44)31(17-26-8-6-5-7-9-26)40-35(46)34(25(3)4)43-23-33(45)42(36(43)47)21-28-14-15-38-29(16-28)18-37/h5-16,19,24-25,31-32,34,44,48H,17,20-23H2,1-4H3,(H,40,46)/b39-19+/t31-,32?,34+/m1/s1. The van der Waals surface area contributed by atoms with E-state index in [0.29, 0.717) is 11.1 Å². The molecule has 14 nitrogen and oxygen atoms in total. The summed E-state index contributed by atoms with van der Waals surface area (Å²) in [7, 11) is -4.11. The molecule has 3 N–H and O–H groups in total. The first-order chi connectivity index (χ1) is 24.2. The number of carbonyl (C=O) groups is 3. The molecule has 2 heterocycles. The number of urea groups is 1. The van der Waals surface area contributed by atoms with Gasteiger partial charge in [-0.1, -0.05) is 75.3 Å². The molecule has 3 aromatic rings. The Morgan fingerprint density at radius 3 is 2.35 bits per heavy atom. The summed E-state index contributed by atoms with van der Waals surface area (Å²) in [4.78, 5) is 46.9. The fraction of sp³-hybridized carbons (Fsp3) is 0.389. The molecular weight excluding hydrogens is 675 g/mol. The van der Waals surface area contributed by atoms with Crippen molar-refractivity contribution in [3.05, 3.63) is 95.3 Å². The second-order valence-electron chi connectivity index (χ2n) is 13.1. The van der Waals surface area contributed by atoms with Gasteiger partial charge in [0, 0.05) is 19.3 Å². The van der Waals surface area contributed by atoms with Gasteiger partial charge in [-0.05, 0) is 59.2 Å². The second-order valence-corrected chi connectivity index (χ2v) is 15.1. The largest absolute Gasteiger partial charge is 0.411 e. The van der Waals surface area contributed by atoms with Crippen LogP contribution in [0.15, 0.2) is 83.0 Å². The number of benzene rings is 2. The smallest absolute Gasteiger partial charge is 0.328 e. The highest BCUT2D eigenvalue weighted by molar-refractivity contribution is 7.89. The molecule has 1 aromatic heterocycles. The van der Waals surface area contributed by atoms with E-state index in [0.717, 1.165) is 10.5 Å². The molecule has 1 aliphatic rings. The van der Waals surface area contributed by atoms with Crippen LogP contribution in [0.4, 0.5) is 4.79 Å². The van der Waals surface area contributed by atoms with Crippen LogP contribution in [0.1, 0.15) is 50.1 Å². The minimum Gasteiger partial charge on any atom is -0.411 e. The predicted molar refractivity (Wildman–Crippen MR) is 188 cm³/mol. The van der Waals surface area contributed by atoms with E-state index in [1.54, 1.807) is 19.9 Å². The van der Waals surface area contributed by atoms with Crippen molar-refractivity contribution in [1.29, 1.82) is 5.26 Å². The molecule has 1 fully saturated rings. The van der Waals surface area contributed by atoms with Gasteiger partial charge < -0.3 is 20.5 Å². The molecule has 0 radical (unpaired) electrons. The number of nitrogens with zero attached hydrogens (tertiary/aromatic N) is 6. The lowest BCUT2D eigenvalue weighted by Gasteiger charge is -2.34. The highest BCUT2D eigenvalue weighted by Crippen LogP contribution is 2.23. The molecule has 3 atom stereocenters. The van der Waals surface area contributed by atoms with Gasteiger partial charge in [0.1, 0.15) is 24.3 Å². The average molecular weight is 718 g/mol. The topological polar surface area (TPSA) is 197 Å². The second kappa shape index (κ2) is 17.2. The van der Waals surface area contributed by atoms with Crippen molar-refractivity contribution in [3.63, 3.8) is 0 Å². The van der Waals surface area contributed by atoms with Crippen molar-refractivity contribution in [3.8, 4) is 6.07 Å². The van der Waals surface area contributed by atoms with E-state index in [4.69, 9.17) is 5.21 Å². The molecule has 2 aromatic carbocycles. The minimum absolute atomic E-state index is 0.0219. The summed E-state index contributed by atoms with van der Waals surface area (Å²) in [5, 5.41) is 35.6. The quantitative estimate of drug-likeness (QED) is 0.0864. The molecule has 51 heavy (non-hydrogen) atoms. The molecule has 0 bridgehead atoms. The third-order valence-corrected chi connectivity index (χ3v) is 10.2. The van der Waals surface area contributed by atoms with Crippen LogP contribution in [0.2, 0.25) is 0 Å². The van der Waals surface area contributed by atoms with Gasteiger partial charge in [-0.2, -0.15) is 9.57 Å². The molecule has 1 unspecified atom stereocenters. The Labute approximate surface area is 298 Å². The molecule has 270 valence electrons. The number of hydrogen-bond donors (Lipinski definition) is 3. The molecule has 4 rings (SSSR count). The Morgan fingerprint density at radius 2 is 1.75 bits per heavy atom. The van der Waals surface area contributed by atoms with Crippen molar-refractivity contribution in [1.82, 2.24) is 24.4 Å². The van der Waals surface area contributed by atoms with E-state index in [9.17, 15) is 33.2 Å². The van der Waals surface area contributed by atoms with Gasteiger partial charge in [0.05, 0.1) is 29.8 Å². The van der Waals surface area contributed by atoms with E-state index in [-0.39, 0.29) is 49.1 Å². The molecule has 4 amide bonds. The van der Waals surface area contributed by atoms with Gasteiger partial charge in [0.15, 0.2) is 0 Å². The number of rotatable bonds is 16. The van der Waals surface area contributed by atoms with Crippen LogP contribution in [-0.4, -0.2) is 99.7 Å². The molecular formula is C36H43N7O7S. The van der Waals surface area contributed by atoms with Crippen LogP contribution in [0.25, 0.3) is 0 Å². The fourth-order valence-electron chi connectivity index (χ4n) is 5.93. The monoisotopic (exact) mass is 717 g/mol. The SMILES string of the molecule is CC(C)CN(CC(O)[C@@H](Cc1ccccc1)NC(=O)[C@H](C(C)C)N1CC(=O)N(Cc2ccnc(C#N)c2)C1=O)S(=O)(=O)c1ccc(/C=N/O)cc1. The number of aliphatic hydroxyl groups is 1. The number of pyridine rings is 1. The molecule has 15 heteroatoms. The number of amides is 4. The summed E-state index contributed by atoms with van der Waals surface area (Å²) in [6.45, 7) is 6.45. The van der Waals surface area contributed by atoms with Crippen LogP contribution in [0.3, 0.4) is 0 Å². The number of oxime groups is 1. The Hall–Kier alpha value is -5.17. The predicted octanol–water partition coefficient (Wildman–Crippen LogP) is 2.99. The van der Waals surface area contributed by atoms with Crippen LogP contribution in [0.5, 0.6) is 0 Å². The van der Waals surface area contributed by atoms with Crippen molar-refractivity contribution in [2.45, 2.75) is 63.7 Å². The zero-order chi connectivity index (χ0) is 37.3. The summed E-state index contributed by atoms with van der Waals surface area (Å²) in [6, 6.07) is 17.1. The summed E-state index contributed by atoms with van der Waals surface area (Å²) in [5.41, 5.74) is 1.92. The number of aliphatic hydroxyl groups excluding tert-OH is 1. The Bertz CT molecular complexity index is 1860. The Morgan fingerprint density at radius 1 is 1.06 bits per heavy atom. The number of sulfonamides is 1. The highest BCUT2D eigenvalue weighted by Gasteiger charge is 2.44. The minimum atomic E-state index is -4.11. The molecule has 1 saturated heterocycles. The van der Waals surface area contributed by atoms with Gasteiger partial charge in [-0.25, -0.2) is 18.2 Å². The number of hydrogen-bond acceptors (Lipinski definition) is 10. The van der Waals surface area contributed by atoms with Gasteiger partial charge in [0.25, 0.3) is 5.91 Å². The zero-order valence-corrected chi connectivity index (χ0v) is 29.8. The summed E-state index contributed by atoms with van der Waals surface area (Å²) in [6.07, 6.45) is 1.34. The first-order valence-electron chi connectivity index (χ1n) is 16.5. The summed E-state index contributed by atoms with van der Waals surface area (Å²) < 4.78 is 28.9. The zero-order valence-electron chi connectivity index (χ0n) is 29.0. The maximum atomic E-state index is 14.1. The molecule has 0 spiro atoms. The van der Waals surface area contributed by atoms with E-state index >= 15 is 0 Å². The summed E-state index contributed by atoms with van der Waals surface area (Å²) >= 11 is 0. The molecule has 0 saturated carbocycles. The third kappa shape index (κ3) is 9.75. The van der Waals surface area contributed by atoms with Gasteiger partial charge in [-0.15, -0.1) is 0 Å². The maximum Gasteiger partial charge on any atom is 0.328 e. The van der Waals surface area contributed by atoms with Gasteiger partial charge in [-0.3, -0.25) is 14.5 Å². The number of imide groups is 1. The van der Waals surface area contributed by atoms with Gasteiger partial charge >= 0.3 is 6.03 Å². The van der Waals surface area contributed by atoms with Crippen LogP contribution in [-0.2, 0) is 32.6 Å². The van der Waals surface area contributed by atoms with E-state index in [1.165, 1.54) is 51.9 Å². The van der Waals surface area contributed by atoms with Crippen molar-refractivity contribution in [2.75, 3.05) is 19.6 Å². The van der Waals surface area contributed by atoms with Gasteiger partial charge in [0.2, 0.25) is 15.9 Å². The Balaban J connectivity index is 1.59. The lowest BCUT2D eigenvalue weighted by Crippen LogP contribution is -2.57. The van der Waals surface area contributed by atoms with Crippen LogP contribution < -0.4 is 5.32 Å². The van der Waals surface area contributed by atoms with Crippen molar-refractivity contribution < 1.29 is 33.1 Å². The lowest BCUT2D eigenvalue weighted by molar-refractivity contribution is -0.129. The number of aromatic nitrogens is 1. The third-order valence-electron chi connectivity index (χ3n) is 8.37. The number of nitrogens with one attached hydrogen (secondary N) is 1. The lowest BCUT2D eigenvalue weighted by atomic mass is 9.97. The van der Waals surface area contributed by atoms with Crippen molar-refractivity contribution >= 4 is 34.1 Å². The number of nitriles is 1. The van der Waals surface area contributed by atoms with E-state index in [2.05, 4.69) is 15.5 Å². The normalized spacial score (nSPS) is 15.5. The first kappa shape index (κ1) is 38.6. The highest BCUT2D eigenvalue weighted by atomic mass is 32.2. The summed E-state index contributed by atoms with van der Waals surface area (Å²) in [5.74, 6) is -1.68. The first-order valence-corrected chi connectivity index (χ1v) is 17.9.